The van der Waals surface area contributed by atoms with Crippen molar-refractivity contribution in [2.75, 3.05) is 0 Å². The van der Waals surface area contributed by atoms with E-state index in [9.17, 15) is 0 Å². The van der Waals surface area contributed by atoms with Crippen molar-refractivity contribution in [3.05, 3.63) is 36.0 Å². The van der Waals surface area contributed by atoms with Gasteiger partial charge in [0.15, 0.2) is 0 Å². The number of rotatable bonds is 5. The minimum atomic E-state index is 1.11. The zero-order chi connectivity index (χ0) is 9.23. The van der Waals surface area contributed by atoms with E-state index in [1.165, 1.54) is 18.4 Å². The molecule has 0 spiro atoms. The lowest BCUT2D eigenvalue weighted by Gasteiger charge is -1.89. The molecule has 0 heteroatoms. The van der Waals surface area contributed by atoms with Crippen molar-refractivity contribution in [3.63, 3.8) is 0 Å². The summed E-state index contributed by atoms with van der Waals surface area (Å²) in [6.45, 7) is 6.49. The Balaban J connectivity index is 3.73. The third-order valence-corrected chi connectivity index (χ3v) is 1.60. The summed E-state index contributed by atoms with van der Waals surface area (Å²) in [6.07, 6.45) is 14.3. The van der Waals surface area contributed by atoms with E-state index in [4.69, 9.17) is 0 Å². The zero-order valence-corrected chi connectivity index (χ0v) is 8.51. The summed E-state index contributed by atoms with van der Waals surface area (Å²) in [5.74, 6) is 0. The Morgan fingerprint density at radius 3 is 2.50 bits per heavy atom. The molecule has 68 valence electrons. The van der Waals surface area contributed by atoms with E-state index in [0.717, 1.165) is 6.42 Å². The molecule has 0 aromatic heterocycles. The van der Waals surface area contributed by atoms with Gasteiger partial charge in [0.05, 0.1) is 0 Å². The van der Waals surface area contributed by atoms with E-state index in [-0.39, 0.29) is 0 Å². The van der Waals surface area contributed by atoms with Crippen LogP contribution in [-0.4, -0.2) is 0 Å². The van der Waals surface area contributed by atoms with Crippen molar-refractivity contribution in [2.24, 2.45) is 0 Å². The molecular weight excluding hydrogens is 144 g/mol. The van der Waals surface area contributed by atoms with Gasteiger partial charge in [0, 0.05) is 0 Å². The first-order chi connectivity index (χ1) is 5.81. The van der Waals surface area contributed by atoms with Crippen LogP contribution in [0.1, 0.15) is 40.0 Å². The van der Waals surface area contributed by atoms with Gasteiger partial charge >= 0.3 is 0 Å². The van der Waals surface area contributed by atoms with Crippen LogP contribution in [0.5, 0.6) is 0 Å². The van der Waals surface area contributed by atoms with Crippen molar-refractivity contribution in [2.45, 2.75) is 40.0 Å². The first kappa shape index (κ1) is 11.2. The maximum Gasteiger partial charge on any atom is -0.0348 e. The summed E-state index contributed by atoms with van der Waals surface area (Å²) < 4.78 is 0. The van der Waals surface area contributed by atoms with Gasteiger partial charge in [-0.3, -0.25) is 0 Å². The normalized spacial score (nSPS) is 13.4. The molecular formula is C12H20. The van der Waals surface area contributed by atoms with Gasteiger partial charge in [-0.1, -0.05) is 56.2 Å². The highest BCUT2D eigenvalue weighted by atomic mass is 13.9. The van der Waals surface area contributed by atoms with Crippen LogP contribution in [0.2, 0.25) is 0 Å². The van der Waals surface area contributed by atoms with Crippen molar-refractivity contribution in [1.82, 2.24) is 0 Å². The number of unbranched alkanes of at least 4 members (excludes halogenated alkanes) is 1. The highest BCUT2D eigenvalue weighted by molar-refractivity contribution is 5.19. The van der Waals surface area contributed by atoms with Gasteiger partial charge in [0.1, 0.15) is 0 Å². The Bertz CT molecular complexity index is 170. The summed E-state index contributed by atoms with van der Waals surface area (Å²) in [5, 5.41) is 0. The second kappa shape index (κ2) is 8.32. The number of allylic oxidation sites excluding steroid dienone is 6. The van der Waals surface area contributed by atoms with Gasteiger partial charge in [0.2, 0.25) is 0 Å². The summed E-state index contributed by atoms with van der Waals surface area (Å²) in [7, 11) is 0. The van der Waals surface area contributed by atoms with Crippen LogP contribution in [0.25, 0.3) is 0 Å². The van der Waals surface area contributed by atoms with E-state index in [1.54, 1.807) is 0 Å². The van der Waals surface area contributed by atoms with Gasteiger partial charge in [-0.25, -0.2) is 0 Å². The summed E-state index contributed by atoms with van der Waals surface area (Å²) in [5.41, 5.74) is 1.36. The van der Waals surface area contributed by atoms with E-state index in [2.05, 4.69) is 51.2 Å². The Hall–Kier alpha value is -0.780. The fraction of sp³-hybridized carbons (Fsp3) is 0.500. The first-order valence-corrected chi connectivity index (χ1v) is 4.81. The molecule has 12 heavy (non-hydrogen) atoms. The first-order valence-electron chi connectivity index (χ1n) is 4.81. The summed E-state index contributed by atoms with van der Waals surface area (Å²) in [4.78, 5) is 0. The Kier molecular flexibility index (Phi) is 7.78. The lowest BCUT2D eigenvalue weighted by Crippen LogP contribution is -1.68. The fourth-order valence-corrected chi connectivity index (χ4v) is 0.862. The number of hydrogen-bond donors (Lipinski definition) is 0. The predicted octanol–water partition coefficient (Wildman–Crippen LogP) is 4.26. The standard InChI is InChI=1S/C12H20/c1-4-6-8-9-11-12(3)10-7-5-2/h6,8-11H,4-5,7H2,1-3H3. The Morgan fingerprint density at radius 2 is 1.92 bits per heavy atom. The Morgan fingerprint density at radius 1 is 1.17 bits per heavy atom. The Labute approximate surface area is 76.7 Å². The minimum Gasteiger partial charge on any atom is -0.0848 e. The molecule has 0 aliphatic carbocycles. The smallest absolute Gasteiger partial charge is 0.0348 e. The van der Waals surface area contributed by atoms with Crippen LogP contribution in [0.3, 0.4) is 0 Å². The molecule has 0 aliphatic rings. The second-order valence-corrected chi connectivity index (χ2v) is 2.93. The van der Waals surface area contributed by atoms with E-state index in [0.29, 0.717) is 0 Å². The largest absolute Gasteiger partial charge is 0.0848 e. The van der Waals surface area contributed by atoms with Crippen LogP contribution >= 0.6 is 0 Å². The van der Waals surface area contributed by atoms with Gasteiger partial charge < -0.3 is 0 Å². The van der Waals surface area contributed by atoms with Gasteiger partial charge in [-0.2, -0.15) is 0 Å². The highest BCUT2D eigenvalue weighted by Gasteiger charge is 1.78. The van der Waals surface area contributed by atoms with Gasteiger partial charge in [-0.15, -0.1) is 0 Å². The molecule has 0 aliphatic heterocycles. The summed E-state index contributed by atoms with van der Waals surface area (Å²) >= 11 is 0. The van der Waals surface area contributed by atoms with Crippen LogP contribution in [-0.2, 0) is 0 Å². The quantitative estimate of drug-likeness (QED) is 0.533. The molecule has 0 nitrogen and oxygen atoms in total. The minimum absolute atomic E-state index is 1.11. The highest BCUT2D eigenvalue weighted by Crippen LogP contribution is 1.99. The van der Waals surface area contributed by atoms with E-state index in [1.807, 2.05) is 0 Å². The predicted molar refractivity (Wildman–Crippen MR) is 57.2 cm³/mol. The molecule has 0 amide bonds. The zero-order valence-electron chi connectivity index (χ0n) is 8.51. The molecule has 0 radical (unpaired) electrons. The van der Waals surface area contributed by atoms with Crippen molar-refractivity contribution in [3.8, 4) is 0 Å². The lowest BCUT2D eigenvalue weighted by molar-refractivity contribution is 0.952. The molecule has 0 aromatic rings. The fourth-order valence-electron chi connectivity index (χ4n) is 0.862. The van der Waals surface area contributed by atoms with Crippen LogP contribution in [0.15, 0.2) is 36.0 Å². The molecule has 0 bridgehead atoms. The molecule has 0 rings (SSSR count). The second-order valence-electron chi connectivity index (χ2n) is 2.93. The van der Waals surface area contributed by atoms with E-state index < -0.39 is 0 Å². The third kappa shape index (κ3) is 7.33. The van der Waals surface area contributed by atoms with Crippen LogP contribution in [0.4, 0.5) is 0 Å². The maximum atomic E-state index is 2.27. The monoisotopic (exact) mass is 164 g/mol. The molecule has 0 aromatic carbocycles. The lowest BCUT2D eigenvalue weighted by atomic mass is 10.2. The maximum absolute atomic E-state index is 2.27. The molecule has 0 atom stereocenters. The molecule has 0 saturated carbocycles. The van der Waals surface area contributed by atoms with E-state index >= 15 is 0 Å². The molecule has 0 N–H and O–H groups in total. The molecule has 0 fully saturated rings. The molecule has 0 unspecified atom stereocenters. The summed E-state index contributed by atoms with van der Waals surface area (Å²) in [6, 6.07) is 0. The molecule has 0 saturated heterocycles. The van der Waals surface area contributed by atoms with Crippen LogP contribution in [0, 0.1) is 0 Å². The topological polar surface area (TPSA) is 0 Å². The molecule has 0 heterocycles. The average Bonchev–Trinajstić information content (AvgIpc) is 2.09. The average molecular weight is 164 g/mol. The van der Waals surface area contributed by atoms with Crippen molar-refractivity contribution >= 4 is 0 Å². The van der Waals surface area contributed by atoms with Crippen molar-refractivity contribution < 1.29 is 0 Å². The van der Waals surface area contributed by atoms with Crippen molar-refractivity contribution in [1.29, 1.82) is 0 Å². The SMILES string of the molecule is CCC=CC=CC(C)=CCCC. The third-order valence-electron chi connectivity index (χ3n) is 1.60. The van der Waals surface area contributed by atoms with Crippen LogP contribution < -0.4 is 0 Å². The van der Waals surface area contributed by atoms with Gasteiger partial charge in [-0.05, 0) is 19.8 Å². The van der Waals surface area contributed by atoms with Gasteiger partial charge in [0.25, 0.3) is 0 Å². The number of hydrogen-bond acceptors (Lipinski definition) is 0.